The van der Waals surface area contributed by atoms with Gasteiger partial charge in [0.05, 0.1) is 11.8 Å². The van der Waals surface area contributed by atoms with Crippen LogP contribution in [0.15, 0.2) is 72.1 Å². The lowest BCUT2D eigenvalue weighted by Gasteiger charge is -2.26. The van der Waals surface area contributed by atoms with E-state index in [1.165, 1.54) is 17.3 Å². The standard InChI is InChI=1S/C21H24N4OS/c1-16(2)25(19-12-8-5-9-13-19)20(26)14-27-21-23-22-15-24(21)17(3)18-10-6-4-7-11-18/h4-13,15-17H,14H2,1-3H3/t17-/m1/s1. The summed E-state index contributed by atoms with van der Waals surface area (Å²) in [6, 6.07) is 20.2. The van der Waals surface area contributed by atoms with E-state index in [-0.39, 0.29) is 18.0 Å². The van der Waals surface area contributed by atoms with Gasteiger partial charge in [-0.1, -0.05) is 60.3 Å². The average Bonchev–Trinajstić information content (AvgIpc) is 3.16. The predicted molar refractivity (Wildman–Crippen MR) is 110 cm³/mol. The minimum Gasteiger partial charge on any atom is -0.309 e. The second kappa shape index (κ2) is 8.86. The Bertz CT molecular complexity index is 864. The number of para-hydroxylation sites is 1. The van der Waals surface area contributed by atoms with Crippen molar-refractivity contribution in [3.05, 3.63) is 72.6 Å². The number of hydrogen-bond donors (Lipinski definition) is 0. The fourth-order valence-electron chi connectivity index (χ4n) is 3.01. The zero-order valence-electron chi connectivity index (χ0n) is 15.8. The molecule has 0 aliphatic carbocycles. The molecule has 0 aliphatic heterocycles. The molecule has 0 bridgehead atoms. The molecule has 1 aromatic heterocycles. The van der Waals surface area contributed by atoms with Crippen molar-refractivity contribution in [2.45, 2.75) is 38.0 Å². The predicted octanol–water partition coefficient (Wildman–Crippen LogP) is 4.42. The van der Waals surface area contributed by atoms with E-state index in [4.69, 9.17) is 0 Å². The van der Waals surface area contributed by atoms with E-state index in [1.807, 2.05) is 71.8 Å². The number of benzene rings is 2. The van der Waals surface area contributed by atoms with E-state index in [0.717, 1.165) is 10.8 Å². The largest absolute Gasteiger partial charge is 0.309 e. The van der Waals surface area contributed by atoms with E-state index < -0.39 is 0 Å². The highest BCUT2D eigenvalue weighted by molar-refractivity contribution is 7.99. The third-order valence-corrected chi connectivity index (χ3v) is 5.33. The van der Waals surface area contributed by atoms with Gasteiger partial charge in [-0.15, -0.1) is 10.2 Å². The number of thioether (sulfide) groups is 1. The number of amides is 1. The first-order valence-electron chi connectivity index (χ1n) is 9.02. The highest BCUT2D eigenvalue weighted by Gasteiger charge is 2.21. The Morgan fingerprint density at radius 1 is 1.04 bits per heavy atom. The zero-order chi connectivity index (χ0) is 19.2. The average molecular weight is 381 g/mol. The lowest BCUT2D eigenvalue weighted by Crippen LogP contribution is -2.38. The highest BCUT2D eigenvalue weighted by Crippen LogP contribution is 2.25. The van der Waals surface area contributed by atoms with Crippen LogP contribution in [-0.4, -0.2) is 32.5 Å². The van der Waals surface area contributed by atoms with Crippen molar-refractivity contribution < 1.29 is 4.79 Å². The molecule has 0 saturated carbocycles. The Labute approximate surface area is 164 Å². The van der Waals surface area contributed by atoms with Gasteiger partial charge in [0.25, 0.3) is 0 Å². The van der Waals surface area contributed by atoms with E-state index in [2.05, 4.69) is 29.3 Å². The summed E-state index contributed by atoms with van der Waals surface area (Å²) in [6.07, 6.45) is 1.72. The Kier molecular flexibility index (Phi) is 6.29. The topological polar surface area (TPSA) is 51.0 Å². The summed E-state index contributed by atoms with van der Waals surface area (Å²) in [5.41, 5.74) is 2.09. The second-order valence-electron chi connectivity index (χ2n) is 6.59. The van der Waals surface area contributed by atoms with Gasteiger partial charge in [0.2, 0.25) is 5.91 Å². The van der Waals surface area contributed by atoms with Crippen LogP contribution in [0.2, 0.25) is 0 Å². The van der Waals surface area contributed by atoms with Gasteiger partial charge in [-0.2, -0.15) is 0 Å². The molecule has 1 heterocycles. The number of anilines is 1. The van der Waals surface area contributed by atoms with Crippen molar-refractivity contribution in [2.75, 3.05) is 10.7 Å². The zero-order valence-corrected chi connectivity index (χ0v) is 16.6. The molecule has 27 heavy (non-hydrogen) atoms. The van der Waals surface area contributed by atoms with Crippen LogP contribution in [0.3, 0.4) is 0 Å². The summed E-state index contributed by atoms with van der Waals surface area (Å²) in [6.45, 7) is 6.15. The third-order valence-electron chi connectivity index (χ3n) is 4.38. The van der Waals surface area contributed by atoms with Crippen LogP contribution in [0.5, 0.6) is 0 Å². The van der Waals surface area contributed by atoms with Crippen molar-refractivity contribution in [3.8, 4) is 0 Å². The third kappa shape index (κ3) is 4.57. The summed E-state index contributed by atoms with van der Waals surface area (Å²) in [4.78, 5) is 14.7. The van der Waals surface area contributed by atoms with Crippen molar-refractivity contribution in [2.24, 2.45) is 0 Å². The minimum absolute atomic E-state index is 0.0584. The van der Waals surface area contributed by atoms with E-state index in [0.29, 0.717) is 5.75 Å². The molecule has 1 atom stereocenters. The van der Waals surface area contributed by atoms with Crippen molar-refractivity contribution in [1.29, 1.82) is 0 Å². The van der Waals surface area contributed by atoms with Gasteiger partial charge in [-0.25, -0.2) is 0 Å². The van der Waals surface area contributed by atoms with E-state index in [9.17, 15) is 4.79 Å². The molecule has 0 N–H and O–H groups in total. The lowest BCUT2D eigenvalue weighted by atomic mass is 10.1. The molecule has 2 aromatic carbocycles. The van der Waals surface area contributed by atoms with Gasteiger partial charge in [0, 0.05) is 11.7 Å². The Morgan fingerprint density at radius 2 is 1.67 bits per heavy atom. The number of carbonyl (C=O) groups excluding carboxylic acids is 1. The summed E-state index contributed by atoms with van der Waals surface area (Å²) in [5.74, 6) is 0.371. The molecule has 3 rings (SSSR count). The van der Waals surface area contributed by atoms with Gasteiger partial charge in [0.1, 0.15) is 6.33 Å². The van der Waals surface area contributed by atoms with Crippen molar-refractivity contribution in [3.63, 3.8) is 0 Å². The maximum atomic E-state index is 12.9. The Morgan fingerprint density at radius 3 is 2.30 bits per heavy atom. The number of rotatable bonds is 7. The van der Waals surface area contributed by atoms with Gasteiger partial charge in [-0.3, -0.25) is 4.79 Å². The van der Waals surface area contributed by atoms with Crippen LogP contribution in [-0.2, 0) is 4.79 Å². The van der Waals surface area contributed by atoms with Crippen LogP contribution in [0.4, 0.5) is 5.69 Å². The monoisotopic (exact) mass is 380 g/mol. The molecule has 3 aromatic rings. The van der Waals surface area contributed by atoms with Crippen molar-refractivity contribution >= 4 is 23.4 Å². The Balaban J connectivity index is 1.72. The first kappa shape index (κ1) is 19.2. The van der Waals surface area contributed by atoms with Crippen LogP contribution < -0.4 is 4.90 Å². The molecule has 0 unspecified atom stereocenters. The van der Waals surface area contributed by atoms with Gasteiger partial charge >= 0.3 is 0 Å². The molecule has 140 valence electrons. The number of hydrogen-bond acceptors (Lipinski definition) is 4. The summed E-state index contributed by atoms with van der Waals surface area (Å²) < 4.78 is 2.01. The SMILES string of the molecule is CC(C)N(C(=O)CSc1nncn1[C@H](C)c1ccccc1)c1ccccc1. The van der Waals surface area contributed by atoms with Crippen LogP contribution >= 0.6 is 11.8 Å². The maximum Gasteiger partial charge on any atom is 0.237 e. The first-order chi connectivity index (χ1) is 13.1. The molecule has 0 fully saturated rings. The number of carbonyl (C=O) groups is 1. The normalized spacial score (nSPS) is 12.1. The quantitative estimate of drug-likeness (QED) is 0.569. The molecule has 6 heteroatoms. The lowest BCUT2D eigenvalue weighted by molar-refractivity contribution is -0.116. The number of aromatic nitrogens is 3. The molecule has 5 nitrogen and oxygen atoms in total. The summed E-state index contributed by atoms with van der Waals surface area (Å²) in [5, 5.41) is 9.02. The van der Waals surface area contributed by atoms with Gasteiger partial charge in [0.15, 0.2) is 5.16 Å². The molecule has 0 radical (unpaired) electrons. The molecular formula is C21H24N4OS. The molecular weight excluding hydrogens is 356 g/mol. The Hall–Kier alpha value is -2.60. The fourth-order valence-corrected chi connectivity index (χ4v) is 3.86. The van der Waals surface area contributed by atoms with E-state index >= 15 is 0 Å². The van der Waals surface area contributed by atoms with Crippen LogP contribution in [0.25, 0.3) is 0 Å². The van der Waals surface area contributed by atoms with Crippen LogP contribution in [0, 0.1) is 0 Å². The molecule has 0 spiro atoms. The smallest absolute Gasteiger partial charge is 0.237 e. The molecule has 1 amide bonds. The van der Waals surface area contributed by atoms with E-state index in [1.54, 1.807) is 6.33 Å². The van der Waals surface area contributed by atoms with Gasteiger partial charge in [-0.05, 0) is 38.5 Å². The number of nitrogens with zero attached hydrogens (tertiary/aromatic N) is 4. The molecule has 0 saturated heterocycles. The van der Waals surface area contributed by atoms with Gasteiger partial charge < -0.3 is 9.47 Å². The molecule has 0 aliphatic rings. The van der Waals surface area contributed by atoms with Crippen molar-refractivity contribution in [1.82, 2.24) is 14.8 Å². The van der Waals surface area contributed by atoms with Crippen LogP contribution in [0.1, 0.15) is 32.4 Å². The maximum absolute atomic E-state index is 12.9. The summed E-state index contributed by atoms with van der Waals surface area (Å²) >= 11 is 1.42. The summed E-state index contributed by atoms with van der Waals surface area (Å²) in [7, 11) is 0. The first-order valence-corrected chi connectivity index (χ1v) is 10.0. The second-order valence-corrected chi connectivity index (χ2v) is 7.53. The highest BCUT2D eigenvalue weighted by atomic mass is 32.2. The minimum atomic E-state index is 0.0584. The fraction of sp³-hybridized carbons (Fsp3) is 0.286.